The molecule has 0 bridgehead atoms. The van der Waals surface area contributed by atoms with E-state index in [0.29, 0.717) is 0 Å². The summed E-state index contributed by atoms with van der Waals surface area (Å²) in [6, 6.07) is 0. The van der Waals surface area contributed by atoms with Gasteiger partial charge >= 0.3 is 0 Å². The molecule has 0 aromatic rings. The van der Waals surface area contributed by atoms with Gasteiger partial charge in [-0.3, -0.25) is 0 Å². The number of hydrogen-bond acceptors (Lipinski definition) is 0. The Kier molecular flexibility index (Phi) is 12.0. The predicted octanol–water partition coefficient (Wildman–Crippen LogP) is 0.223. The SMILES string of the molecule is C=CC[N+](C)(C)CCCCCCC.[I-]. The molecule has 14 heavy (non-hydrogen) atoms. The van der Waals surface area contributed by atoms with E-state index in [2.05, 4.69) is 27.6 Å². The van der Waals surface area contributed by atoms with E-state index in [9.17, 15) is 0 Å². The molecule has 0 saturated heterocycles. The average molecular weight is 311 g/mol. The highest BCUT2D eigenvalue weighted by molar-refractivity contribution is 4.64. The quantitative estimate of drug-likeness (QED) is 0.260. The maximum absolute atomic E-state index is 3.79. The van der Waals surface area contributed by atoms with Crippen LogP contribution in [0.2, 0.25) is 0 Å². The third-order valence-corrected chi connectivity index (χ3v) is 2.49. The van der Waals surface area contributed by atoms with Crippen molar-refractivity contribution in [3.63, 3.8) is 0 Å². The van der Waals surface area contributed by atoms with Gasteiger partial charge in [0.05, 0.1) is 27.2 Å². The Hall–Kier alpha value is 0.430. The first-order valence-corrected chi connectivity index (χ1v) is 5.55. The molecular formula is C12H26IN. The van der Waals surface area contributed by atoms with Crippen LogP contribution in [0.3, 0.4) is 0 Å². The van der Waals surface area contributed by atoms with Crippen molar-refractivity contribution < 1.29 is 28.5 Å². The van der Waals surface area contributed by atoms with Crippen molar-refractivity contribution in [2.24, 2.45) is 0 Å². The van der Waals surface area contributed by atoms with Crippen LogP contribution < -0.4 is 24.0 Å². The van der Waals surface area contributed by atoms with E-state index in [-0.39, 0.29) is 24.0 Å². The van der Waals surface area contributed by atoms with Crippen molar-refractivity contribution in [1.29, 1.82) is 0 Å². The van der Waals surface area contributed by atoms with Gasteiger partial charge in [0, 0.05) is 0 Å². The van der Waals surface area contributed by atoms with Gasteiger partial charge in [-0.25, -0.2) is 0 Å². The Morgan fingerprint density at radius 2 is 1.64 bits per heavy atom. The molecule has 0 unspecified atom stereocenters. The molecule has 0 aliphatic heterocycles. The monoisotopic (exact) mass is 311 g/mol. The van der Waals surface area contributed by atoms with E-state index in [1.807, 2.05) is 6.08 Å². The maximum Gasteiger partial charge on any atom is 0.0966 e. The zero-order valence-corrected chi connectivity index (χ0v) is 12.2. The van der Waals surface area contributed by atoms with E-state index >= 15 is 0 Å². The second-order valence-corrected chi connectivity index (χ2v) is 4.54. The van der Waals surface area contributed by atoms with E-state index in [1.54, 1.807) is 0 Å². The zero-order valence-electron chi connectivity index (χ0n) is 10.1. The molecule has 0 spiro atoms. The van der Waals surface area contributed by atoms with E-state index < -0.39 is 0 Å². The Balaban J connectivity index is 0. The summed E-state index contributed by atoms with van der Waals surface area (Å²) >= 11 is 0. The lowest BCUT2D eigenvalue weighted by atomic mass is 10.1. The fraction of sp³-hybridized carbons (Fsp3) is 0.833. The van der Waals surface area contributed by atoms with Crippen LogP contribution in [-0.2, 0) is 0 Å². The zero-order chi connectivity index (χ0) is 10.2. The average Bonchev–Trinajstić information content (AvgIpc) is 2.04. The third kappa shape index (κ3) is 10.5. The van der Waals surface area contributed by atoms with Crippen LogP contribution in [0.25, 0.3) is 0 Å². The van der Waals surface area contributed by atoms with Crippen molar-refractivity contribution in [3.05, 3.63) is 12.7 Å². The lowest BCUT2D eigenvalue weighted by Crippen LogP contribution is -3.00. The first-order chi connectivity index (χ1) is 6.12. The number of unbranched alkanes of at least 4 members (excludes halogenated alkanes) is 4. The highest BCUT2D eigenvalue weighted by atomic mass is 127. The molecule has 0 aromatic heterocycles. The Labute approximate surface area is 107 Å². The molecule has 0 radical (unpaired) electrons. The van der Waals surface area contributed by atoms with Crippen LogP contribution >= 0.6 is 0 Å². The second-order valence-electron chi connectivity index (χ2n) is 4.54. The number of likely N-dealkylation sites (N-methyl/N-ethyl adjacent to an activating group) is 1. The molecule has 0 atom stereocenters. The van der Waals surface area contributed by atoms with Crippen LogP contribution in [0.1, 0.15) is 39.0 Å². The minimum absolute atomic E-state index is 0. The van der Waals surface area contributed by atoms with Crippen molar-refractivity contribution >= 4 is 0 Å². The summed E-state index contributed by atoms with van der Waals surface area (Å²) in [7, 11) is 4.56. The Morgan fingerprint density at radius 1 is 1.07 bits per heavy atom. The van der Waals surface area contributed by atoms with Crippen molar-refractivity contribution in [2.45, 2.75) is 39.0 Å². The highest BCUT2D eigenvalue weighted by Gasteiger charge is 2.10. The summed E-state index contributed by atoms with van der Waals surface area (Å²) in [5, 5.41) is 0. The number of hydrogen-bond donors (Lipinski definition) is 0. The normalized spacial score (nSPS) is 10.8. The summed E-state index contributed by atoms with van der Waals surface area (Å²) < 4.78 is 1.09. The number of quaternary nitrogens is 1. The van der Waals surface area contributed by atoms with Crippen LogP contribution in [0, 0.1) is 0 Å². The summed E-state index contributed by atoms with van der Waals surface area (Å²) in [4.78, 5) is 0. The number of nitrogens with zero attached hydrogens (tertiary/aromatic N) is 1. The molecule has 0 saturated carbocycles. The van der Waals surface area contributed by atoms with Crippen LogP contribution in [0.5, 0.6) is 0 Å². The van der Waals surface area contributed by atoms with Gasteiger partial charge in [0.1, 0.15) is 0 Å². The lowest BCUT2D eigenvalue weighted by Gasteiger charge is -2.28. The van der Waals surface area contributed by atoms with E-state index in [4.69, 9.17) is 0 Å². The van der Waals surface area contributed by atoms with Gasteiger partial charge in [0.15, 0.2) is 0 Å². The molecule has 0 heterocycles. The minimum Gasteiger partial charge on any atom is -1.00 e. The summed E-state index contributed by atoms with van der Waals surface area (Å²) in [6.45, 7) is 8.43. The topological polar surface area (TPSA) is 0 Å². The standard InChI is InChI=1S/C12H26N.HI/c1-5-7-8-9-10-12-13(3,4)11-6-2;/h6H,2,5,7-12H2,1,3-4H3;1H/q+1;/p-1. The largest absolute Gasteiger partial charge is 1.00 e. The molecule has 0 amide bonds. The highest BCUT2D eigenvalue weighted by Crippen LogP contribution is 2.06. The maximum atomic E-state index is 3.79. The molecule has 0 aliphatic rings. The van der Waals surface area contributed by atoms with Gasteiger partial charge in [0.25, 0.3) is 0 Å². The molecule has 0 fully saturated rings. The Morgan fingerprint density at radius 3 is 2.14 bits per heavy atom. The van der Waals surface area contributed by atoms with Crippen LogP contribution in [0.4, 0.5) is 0 Å². The molecular weight excluding hydrogens is 285 g/mol. The van der Waals surface area contributed by atoms with Crippen molar-refractivity contribution in [1.82, 2.24) is 0 Å². The van der Waals surface area contributed by atoms with Gasteiger partial charge in [-0.2, -0.15) is 0 Å². The number of rotatable bonds is 8. The molecule has 0 rings (SSSR count). The van der Waals surface area contributed by atoms with Gasteiger partial charge in [-0.05, 0) is 18.9 Å². The van der Waals surface area contributed by atoms with Gasteiger partial charge in [-0.1, -0.05) is 32.8 Å². The Bertz CT molecular complexity index is 132. The fourth-order valence-corrected chi connectivity index (χ4v) is 1.58. The minimum atomic E-state index is 0. The van der Waals surface area contributed by atoms with Gasteiger partial charge in [0.2, 0.25) is 0 Å². The van der Waals surface area contributed by atoms with Crippen molar-refractivity contribution in [2.75, 3.05) is 27.2 Å². The molecule has 0 aromatic carbocycles. The molecule has 0 N–H and O–H groups in total. The fourth-order valence-electron chi connectivity index (χ4n) is 1.58. The van der Waals surface area contributed by atoms with Crippen LogP contribution in [0.15, 0.2) is 12.7 Å². The summed E-state index contributed by atoms with van der Waals surface area (Å²) in [5.41, 5.74) is 0. The smallest absolute Gasteiger partial charge is 0.0966 e. The molecule has 0 aliphatic carbocycles. The lowest BCUT2D eigenvalue weighted by molar-refractivity contribution is -0.884. The van der Waals surface area contributed by atoms with Gasteiger partial charge < -0.3 is 28.5 Å². The van der Waals surface area contributed by atoms with E-state index in [1.165, 1.54) is 38.6 Å². The number of halogens is 1. The first-order valence-electron chi connectivity index (χ1n) is 5.55. The predicted molar refractivity (Wildman–Crippen MR) is 60.8 cm³/mol. The molecule has 1 nitrogen and oxygen atoms in total. The first kappa shape index (κ1) is 16.8. The third-order valence-electron chi connectivity index (χ3n) is 2.49. The van der Waals surface area contributed by atoms with Crippen LogP contribution in [-0.4, -0.2) is 31.7 Å². The summed E-state index contributed by atoms with van der Waals surface area (Å²) in [6.07, 6.45) is 8.92. The molecule has 86 valence electrons. The van der Waals surface area contributed by atoms with Crippen molar-refractivity contribution in [3.8, 4) is 0 Å². The van der Waals surface area contributed by atoms with Gasteiger partial charge in [-0.15, -0.1) is 0 Å². The molecule has 2 heteroatoms. The second kappa shape index (κ2) is 9.97. The summed E-state index contributed by atoms with van der Waals surface area (Å²) in [5.74, 6) is 0. The van der Waals surface area contributed by atoms with E-state index in [0.717, 1.165) is 11.0 Å².